The molecule has 25 heavy (non-hydrogen) atoms. The molecule has 2 aliphatic rings. The van der Waals surface area contributed by atoms with Crippen LogP contribution in [0.1, 0.15) is 32.3 Å². The standard InChI is InChI=1S/C19H30N4O2/c1-15-13-23(14-16(2)25-15)19(24)21-18-6-11-22(12-7-18)10-5-17-3-8-20-9-4-17/h3-4,8-9,15-16,18H,5-7,10-14H2,1-2H3,(H,21,24). The van der Waals surface area contributed by atoms with E-state index < -0.39 is 0 Å². The van der Waals surface area contributed by atoms with Crippen LogP contribution < -0.4 is 5.32 Å². The average molecular weight is 346 g/mol. The van der Waals surface area contributed by atoms with E-state index in [0.717, 1.165) is 38.9 Å². The summed E-state index contributed by atoms with van der Waals surface area (Å²) in [7, 11) is 0. The van der Waals surface area contributed by atoms with E-state index in [4.69, 9.17) is 4.74 Å². The van der Waals surface area contributed by atoms with Crippen molar-refractivity contribution in [3.05, 3.63) is 30.1 Å². The van der Waals surface area contributed by atoms with Gasteiger partial charge in [0, 0.05) is 51.2 Å². The van der Waals surface area contributed by atoms with Crippen molar-refractivity contribution in [2.45, 2.75) is 51.4 Å². The van der Waals surface area contributed by atoms with Crippen LogP contribution in [0.15, 0.2) is 24.5 Å². The molecule has 3 rings (SSSR count). The maximum absolute atomic E-state index is 12.5. The summed E-state index contributed by atoms with van der Waals surface area (Å²) in [5.41, 5.74) is 1.33. The maximum Gasteiger partial charge on any atom is 0.317 e. The molecule has 1 aromatic heterocycles. The van der Waals surface area contributed by atoms with Crippen LogP contribution in [-0.4, -0.2) is 71.8 Å². The van der Waals surface area contributed by atoms with E-state index in [1.807, 2.05) is 31.1 Å². The first kappa shape index (κ1) is 18.1. The highest BCUT2D eigenvalue weighted by atomic mass is 16.5. The lowest BCUT2D eigenvalue weighted by atomic mass is 10.0. The predicted molar refractivity (Wildman–Crippen MR) is 97.5 cm³/mol. The number of nitrogens with zero attached hydrogens (tertiary/aromatic N) is 3. The Labute approximate surface area is 150 Å². The molecule has 2 atom stereocenters. The lowest BCUT2D eigenvalue weighted by Gasteiger charge is -2.37. The number of hydrogen-bond donors (Lipinski definition) is 1. The molecule has 1 N–H and O–H groups in total. The summed E-state index contributed by atoms with van der Waals surface area (Å²) >= 11 is 0. The normalized spacial score (nSPS) is 25.8. The van der Waals surface area contributed by atoms with E-state index in [1.165, 1.54) is 5.56 Å². The highest BCUT2D eigenvalue weighted by molar-refractivity contribution is 5.74. The zero-order chi connectivity index (χ0) is 17.6. The molecule has 2 saturated heterocycles. The molecule has 2 fully saturated rings. The average Bonchev–Trinajstić information content (AvgIpc) is 2.61. The fourth-order valence-electron chi connectivity index (χ4n) is 3.75. The van der Waals surface area contributed by atoms with E-state index in [2.05, 4.69) is 27.3 Å². The Kier molecular flexibility index (Phi) is 6.26. The van der Waals surface area contributed by atoms with Crippen LogP contribution in [-0.2, 0) is 11.2 Å². The van der Waals surface area contributed by atoms with Gasteiger partial charge in [0.15, 0.2) is 0 Å². The largest absolute Gasteiger partial charge is 0.372 e. The molecule has 2 unspecified atom stereocenters. The van der Waals surface area contributed by atoms with Crippen molar-refractivity contribution in [3.8, 4) is 0 Å². The molecule has 138 valence electrons. The van der Waals surface area contributed by atoms with Crippen molar-refractivity contribution in [1.29, 1.82) is 0 Å². The number of ether oxygens (including phenoxy) is 1. The molecule has 2 aliphatic heterocycles. The third-order valence-electron chi connectivity index (χ3n) is 5.09. The number of aromatic nitrogens is 1. The summed E-state index contributed by atoms with van der Waals surface area (Å²) in [6, 6.07) is 4.52. The number of hydrogen-bond acceptors (Lipinski definition) is 4. The van der Waals surface area contributed by atoms with Crippen LogP contribution in [0.3, 0.4) is 0 Å². The lowest BCUT2D eigenvalue weighted by Crippen LogP contribution is -2.55. The number of piperidine rings is 1. The molecule has 6 heteroatoms. The van der Waals surface area contributed by atoms with E-state index in [1.54, 1.807) is 0 Å². The van der Waals surface area contributed by atoms with Crippen molar-refractivity contribution in [3.63, 3.8) is 0 Å². The van der Waals surface area contributed by atoms with Gasteiger partial charge in [0.1, 0.15) is 0 Å². The van der Waals surface area contributed by atoms with Gasteiger partial charge in [-0.05, 0) is 50.8 Å². The van der Waals surface area contributed by atoms with Gasteiger partial charge in [-0.15, -0.1) is 0 Å². The Hall–Kier alpha value is -1.66. The molecule has 2 amide bonds. The van der Waals surface area contributed by atoms with Crippen LogP contribution in [0.25, 0.3) is 0 Å². The van der Waals surface area contributed by atoms with Crippen molar-refractivity contribution in [1.82, 2.24) is 20.1 Å². The first-order valence-electron chi connectivity index (χ1n) is 9.42. The number of morpholine rings is 1. The highest BCUT2D eigenvalue weighted by Crippen LogP contribution is 2.14. The molecule has 6 nitrogen and oxygen atoms in total. The molecule has 0 aromatic carbocycles. The predicted octanol–water partition coefficient (Wildman–Crippen LogP) is 1.91. The first-order valence-corrected chi connectivity index (χ1v) is 9.42. The van der Waals surface area contributed by atoms with Gasteiger partial charge in [0.2, 0.25) is 0 Å². The van der Waals surface area contributed by atoms with Crippen molar-refractivity contribution in [2.24, 2.45) is 0 Å². The van der Waals surface area contributed by atoms with E-state index in [9.17, 15) is 4.79 Å². The summed E-state index contributed by atoms with van der Waals surface area (Å²) in [6.45, 7) is 8.58. The number of nitrogens with one attached hydrogen (secondary N) is 1. The fourth-order valence-corrected chi connectivity index (χ4v) is 3.75. The van der Waals surface area contributed by atoms with Crippen molar-refractivity contribution >= 4 is 6.03 Å². The van der Waals surface area contributed by atoms with Gasteiger partial charge in [-0.2, -0.15) is 0 Å². The van der Waals surface area contributed by atoms with Gasteiger partial charge < -0.3 is 19.9 Å². The molecule has 0 spiro atoms. The minimum absolute atomic E-state index is 0.0669. The van der Waals surface area contributed by atoms with Crippen LogP contribution in [0.2, 0.25) is 0 Å². The van der Waals surface area contributed by atoms with Gasteiger partial charge in [-0.25, -0.2) is 4.79 Å². The topological polar surface area (TPSA) is 57.7 Å². The Morgan fingerprint density at radius 3 is 2.48 bits per heavy atom. The van der Waals surface area contributed by atoms with Gasteiger partial charge in [-0.3, -0.25) is 4.98 Å². The minimum atomic E-state index is 0.0669. The second-order valence-electron chi connectivity index (χ2n) is 7.33. The smallest absolute Gasteiger partial charge is 0.317 e. The maximum atomic E-state index is 12.5. The quantitative estimate of drug-likeness (QED) is 0.905. The molecule has 3 heterocycles. The van der Waals surface area contributed by atoms with Crippen LogP contribution in [0.5, 0.6) is 0 Å². The highest BCUT2D eigenvalue weighted by Gasteiger charge is 2.28. The van der Waals surface area contributed by atoms with Crippen molar-refractivity contribution < 1.29 is 9.53 Å². The van der Waals surface area contributed by atoms with Crippen molar-refractivity contribution in [2.75, 3.05) is 32.7 Å². The summed E-state index contributed by atoms with van der Waals surface area (Å²) in [5, 5.41) is 3.22. The van der Waals surface area contributed by atoms with E-state index in [-0.39, 0.29) is 24.3 Å². The monoisotopic (exact) mass is 346 g/mol. The summed E-state index contributed by atoms with van der Waals surface area (Å²) in [6.07, 6.45) is 7.04. The number of amides is 2. The second-order valence-corrected chi connectivity index (χ2v) is 7.33. The number of carbonyl (C=O) groups is 1. The Bertz CT molecular complexity index is 536. The number of pyridine rings is 1. The van der Waals surface area contributed by atoms with Crippen LogP contribution in [0, 0.1) is 0 Å². The Morgan fingerprint density at radius 2 is 1.84 bits per heavy atom. The first-order chi connectivity index (χ1) is 12.1. The summed E-state index contributed by atoms with van der Waals surface area (Å²) in [5.74, 6) is 0. The number of likely N-dealkylation sites (tertiary alicyclic amines) is 1. The second kappa shape index (κ2) is 8.63. The molecular formula is C19H30N4O2. The summed E-state index contributed by atoms with van der Waals surface area (Å²) < 4.78 is 5.70. The minimum Gasteiger partial charge on any atom is -0.372 e. The molecular weight excluding hydrogens is 316 g/mol. The van der Waals surface area contributed by atoms with Crippen LogP contribution >= 0.6 is 0 Å². The number of carbonyl (C=O) groups excluding carboxylic acids is 1. The summed E-state index contributed by atoms with van der Waals surface area (Å²) in [4.78, 5) is 20.9. The third kappa shape index (κ3) is 5.41. The molecule has 0 radical (unpaired) electrons. The fraction of sp³-hybridized carbons (Fsp3) is 0.684. The zero-order valence-corrected chi connectivity index (χ0v) is 15.4. The molecule has 0 saturated carbocycles. The zero-order valence-electron chi connectivity index (χ0n) is 15.4. The molecule has 1 aromatic rings. The Morgan fingerprint density at radius 1 is 1.20 bits per heavy atom. The SMILES string of the molecule is CC1CN(C(=O)NC2CCN(CCc3ccncc3)CC2)CC(C)O1. The van der Waals surface area contributed by atoms with Gasteiger partial charge in [0.25, 0.3) is 0 Å². The van der Waals surface area contributed by atoms with Crippen LogP contribution in [0.4, 0.5) is 4.79 Å². The number of urea groups is 1. The number of rotatable bonds is 4. The third-order valence-corrected chi connectivity index (χ3v) is 5.09. The lowest BCUT2D eigenvalue weighted by molar-refractivity contribution is -0.0549. The van der Waals surface area contributed by atoms with E-state index >= 15 is 0 Å². The van der Waals surface area contributed by atoms with E-state index in [0.29, 0.717) is 13.1 Å². The van der Waals surface area contributed by atoms with Gasteiger partial charge in [0.05, 0.1) is 12.2 Å². The van der Waals surface area contributed by atoms with Gasteiger partial charge >= 0.3 is 6.03 Å². The van der Waals surface area contributed by atoms with Gasteiger partial charge in [-0.1, -0.05) is 0 Å². The molecule has 0 bridgehead atoms. The Balaban J connectivity index is 1.38. The molecule has 0 aliphatic carbocycles.